The number of nitrogens with two attached hydrogens (primary N) is 1. The molecule has 0 radical (unpaired) electrons. The third-order valence-electron chi connectivity index (χ3n) is 8.82. The van der Waals surface area contributed by atoms with Gasteiger partial charge in [-0.2, -0.15) is 0 Å². The first-order valence-electron chi connectivity index (χ1n) is 14.4. The van der Waals surface area contributed by atoms with Gasteiger partial charge in [0, 0.05) is 49.3 Å². The van der Waals surface area contributed by atoms with Crippen molar-refractivity contribution < 1.29 is 9.53 Å². The monoisotopic (exact) mass is 571 g/mol. The number of amides is 1. The fourth-order valence-electron chi connectivity index (χ4n) is 6.53. The second kappa shape index (κ2) is 11.1. The van der Waals surface area contributed by atoms with Gasteiger partial charge in [0.15, 0.2) is 5.72 Å². The van der Waals surface area contributed by atoms with Crippen molar-refractivity contribution in [3.63, 3.8) is 0 Å². The van der Waals surface area contributed by atoms with E-state index < -0.39 is 17.6 Å². The van der Waals surface area contributed by atoms with E-state index in [1.165, 1.54) is 23.1 Å². The van der Waals surface area contributed by atoms with Gasteiger partial charge >= 0.3 is 0 Å². The highest BCUT2D eigenvalue weighted by atomic mass is 35.5. The maximum absolute atomic E-state index is 12.7. The van der Waals surface area contributed by atoms with Crippen molar-refractivity contribution in [3.8, 4) is 5.75 Å². The average molecular weight is 572 g/mol. The Balaban J connectivity index is 1.23. The van der Waals surface area contributed by atoms with E-state index in [0.29, 0.717) is 5.75 Å². The van der Waals surface area contributed by atoms with Gasteiger partial charge in [-0.15, -0.1) is 0 Å². The Morgan fingerprint density at radius 1 is 1.15 bits per heavy atom. The van der Waals surface area contributed by atoms with Crippen molar-refractivity contribution in [2.24, 2.45) is 17.1 Å². The predicted molar refractivity (Wildman–Crippen MR) is 164 cm³/mol. The minimum absolute atomic E-state index is 0.282. The quantitative estimate of drug-likeness (QED) is 0.374. The van der Waals surface area contributed by atoms with Gasteiger partial charge in [-0.3, -0.25) is 14.6 Å². The van der Waals surface area contributed by atoms with Crippen molar-refractivity contribution in [1.82, 2.24) is 19.8 Å². The lowest BCUT2D eigenvalue weighted by atomic mass is 9.72. The van der Waals surface area contributed by atoms with Crippen LogP contribution in [0.15, 0.2) is 78.7 Å². The lowest BCUT2D eigenvalue weighted by Gasteiger charge is -2.49. The number of aromatic amines is 1. The third kappa shape index (κ3) is 5.71. The summed E-state index contributed by atoms with van der Waals surface area (Å²) in [5.41, 5.74) is 10.3. The number of H-pyrrole nitrogens is 1. The molecule has 0 spiro atoms. The van der Waals surface area contributed by atoms with Crippen LogP contribution in [0.2, 0.25) is 5.02 Å². The molecule has 1 aromatic carbocycles. The second-order valence-corrected chi connectivity index (χ2v) is 12.7. The van der Waals surface area contributed by atoms with Crippen LogP contribution in [-0.4, -0.2) is 64.1 Å². The van der Waals surface area contributed by atoms with Crippen LogP contribution >= 0.6 is 11.6 Å². The van der Waals surface area contributed by atoms with Crippen LogP contribution in [0.4, 0.5) is 0 Å². The summed E-state index contributed by atoms with van der Waals surface area (Å²) in [5, 5.41) is 1.72. The zero-order valence-electron chi connectivity index (χ0n) is 23.8. The lowest BCUT2D eigenvalue weighted by Crippen LogP contribution is -2.64. The molecule has 1 fully saturated rings. The molecule has 2 unspecified atom stereocenters. The summed E-state index contributed by atoms with van der Waals surface area (Å²) in [6, 6.07) is 12.2. The Bertz CT molecular complexity index is 1510. The molecule has 0 bridgehead atoms. The van der Waals surface area contributed by atoms with Gasteiger partial charge in [-0.1, -0.05) is 61.4 Å². The molecule has 0 saturated carbocycles. The second-order valence-electron chi connectivity index (χ2n) is 12.3. The van der Waals surface area contributed by atoms with Gasteiger partial charge in [0.25, 0.3) is 0 Å². The molecule has 1 saturated heterocycles. The van der Waals surface area contributed by atoms with E-state index >= 15 is 0 Å². The topological polar surface area (TPSA) is 87.5 Å². The van der Waals surface area contributed by atoms with Gasteiger partial charge in [0.2, 0.25) is 5.91 Å². The van der Waals surface area contributed by atoms with Crippen LogP contribution in [0.3, 0.4) is 0 Å². The molecule has 41 heavy (non-hydrogen) atoms. The van der Waals surface area contributed by atoms with E-state index in [-0.39, 0.29) is 5.41 Å². The van der Waals surface area contributed by atoms with Crippen LogP contribution < -0.4 is 10.5 Å². The van der Waals surface area contributed by atoms with Crippen LogP contribution in [0.5, 0.6) is 5.75 Å². The first-order valence-corrected chi connectivity index (χ1v) is 14.8. The third-order valence-corrected chi connectivity index (χ3v) is 9.07. The van der Waals surface area contributed by atoms with Gasteiger partial charge in [0.1, 0.15) is 17.3 Å². The largest absolute Gasteiger partial charge is 0.466 e. The smallest absolute Gasteiger partial charge is 0.230 e. The molecule has 8 heteroatoms. The summed E-state index contributed by atoms with van der Waals surface area (Å²) < 4.78 is 6.70. The van der Waals surface area contributed by atoms with Gasteiger partial charge in [-0.05, 0) is 66.2 Å². The highest BCUT2D eigenvalue weighted by Crippen LogP contribution is 2.43. The maximum atomic E-state index is 12.7. The number of rotatable bonds is 7. The van der Waals surface area contributed by atoms with Crippen molar-refractivity contribution in [1.29, 1.82) is 0 Å². The van der Waals surface area contributed by atoms with Gasteiger partial charge in [-0.25, -0.2) is 4.98 Å². The Morgan fingerprint density at radius 2 is 1.93 bits per heavy atom. The summed E-state index contributed by atoms with van der Waals surface area (Å²) in [4.78, 5) is 25.1. The summed E-state index contributed by atoms with van der Waals surface area (Å²) in [6.07, 6.45) is 14.6. The number of nitrogens with zero attached hydrogens (tertiary/aromatic N) is 3. The minimum Gasteiger partial charge on any atom is -0.466 e. The van der Waals surface area contributed by atoms with E-state index in [0.717, 1.165) is 61.6 Å². The van der Waals surface area contributed by atoms with Crippen molar-refractivity contribution in [2.45, 2.75) is 38.8 Å². The molecular weight excluding hydrogens is 534 g/mol. The summed E-state index contributed by atoms with van der Waals surface area (Å²) in [6.45, 7) is 8.89. The number of benzene rings is 1. The van der Waals surface area contributed by atoms with Crippen molar-refractivity contribution >= 4 is 34.1 Å². The summed E-state index contributed by atoms with van der Waals surface area (Å²) in [5.74, 6) is -0.430. The van der Waals surface area contributed by atoms with Crippen LogP contribution in [0.1, 0.15) is 38.7 Å². The highest BCUT2D eigenvalue weighted by molar-refractivity contribution is 6.30. The highest BCUT2D eigenvalue weighted by Gasteiger charge is 2.48. The number of aromatic nitrogens is 2. The average Bonchev–Trinajstić information content (AvgIpc) is 3.43. The molecule has 1 amide bonds. The number of ether oxygens (including phenoxy) is 1. The van der Waals surface area contributed by atoms with Crippen molar-refractivity contribution in [3.05, 3.63) is 89.3 Å². The molecular formula is C33H38ClN5O2. The van der Waals surface area contributed by atoms with Crippen LogP contribution in [-0.2, 0) is 4.79 Å². The zero-order valence-corrected chi connectivity index (χ0v) is 24.5. The van der Waals surface area contributed by atoms with Crippen LogP contribution in [0, 0.1) is 11.3 Å². The van der Waals surface area contributed by atoms with E-state index in [1.807, 2.05) is 54.8 Å². The summed E-state index contributed by atoms with van der Waals surface area (Å²) >= 11 is 6.21. The Labute approximate surface area is 246 Å². The molecule has 1 aliphatic heterocycles. The molecule has 214 valence electrons. The first kappa shape index (κ1) is 27.8. The molecule has 3 aromatic rings. The molecule has 2 aromatic heterocycles. The predicted octanol–water partition coefficient (Wildman–Crippen LogP) is 5.80. The zero-order chi connectivity index (χ0) is 28.6. The Hall–Kier alpha value is -3.39. The number of pyridine rings is 1. The number of carbonyl (C=O) groups excluding carboxylic acids is 1. The molecule has 7 nitrogen and oxygen atoms in total. The number of hydrogen-bond donors (Lipinski definition) is 2. The van der Waals surface area contributed by atoms with E-state index in [2.05, 4.69) is 45.7 Å². The van der Waals surface area contributed by atoms with E-state index in [4.69, 9.17) is 22.1 Å². The number of piperazine rings is 1. The SMILES string of the molecule is CC1(C)CCC(CN2CCN(C3(Oc4cnc5[nH]ccc5c4)C=CC=CC3C(N)=O)CC2)=C(c2ccc(Cl)cc2)C1. The number of hydrogen-bond acceptors (Lipinski definition) is 5. The Kier molecular flexibility index (Phi) is 7.53. The number of allylic oxidation sites excluding steroid dienone is 3. The van der Waals surface area contributed by atoms with Gasteiger partial charge < -0.3 is 15.5 Å². The number of nitrogens with one attached hydrogen (secondary N) is 1. The normalized spacial score (nSPS) is 25.1. The fraction of sp³-hybridized carbons (Fsp3) is 0.394. The van der Waals surface area contributed by atoms with Crippen LogP contribution in [0.25, 0.3) is 16.6 Å². The standard InChI is InChI=1S/C33H38ClN5O2/c1-32(2)13-10-25(28(20-32)23-6-8-26(34)9-7-23)22-38-15-17-39(18-16-38)33(12-4-3-5-29(33)30(35)40)41-27-19-24-11-14-36-31(24)37-21-27/h3-9,11-12,14,19,21,29H,10,13,15-18,20,22H2,1-2H3,(H2,35,40)(H,36,37). The number of carbonyl (C=O) groups is 1. The minimum atomic E-state index is -1.01. The van der Waals surface area contributed by atoms with E-state index in [9.17, 15) is 4.79 Å². The molecule has 2 atom stereocenters. The Morgan fingerprint density at radius 3 is 2.68 bits per heavy atom. The number of fused-ring (bicyclic) bond motifs is 1. The molecule has 3 N–H and O–H groups in total. The number of primary amides is 1. The first-order chi connectivity index (χ1) is 19.7. The molecule has 2 aliphatic carbocycles. The molecule has 6 rings (SSSR count). The van der Waals surface area contributed by atoms with E-state index in [1.54, 1.807) is 6.20 Å². The summed E-state index contributed by atoms with van der Waals surface area (Å²) in [7, 11) is 0. The maximum Gasteiger partial charge on any atom is 0.230 e. The molecule has 3 aliphatic rings. The lowest BCUT2D eigenvalue weighted by molar-refractivity contribution is -0.138. The molecule has 3 heterocycles. The fourth-order valence-corrected chi connectivity index (χ4v) is 6.65. The van der Waals surface area contributed by atoms with Crippen molar-refractivity contribution in [2.75, 3.05) is 32.7 Å². The van der Waals surface area contributed by atoms with Gasteiger partial charge in [0.05, 0.1) is 6.20 Å². The number of halogens is 1.